The molecule has 1 aromatic heterocycles. The standard InChI is InChI=1S/C13H12ClFN2O3/c14-10-7-9(15)5-4-8(10)6-11-16-12(20-17-11)2-1-3-13(18)19/h4-5,7H,1-3,6H2,(H,18,19). The molecule has 7 heteroatoms. The number of aliphatic carboxylic acids is 1. The van der Waals surface area contributed by atoms with E-state index in [9.17, 15) is 9.18 Å². The van der Waals surface area contributed by atoms with Crippen LogP contribution < -0.4 is 0 Å². The molecular weight excluding hydrogens is 287 g/mol. The summed E-state index contributed by atoms with van der Waals surface area (Å²) in [7, 11) is 0. The predicted octanol–water partition coefficient (Wildman–Crippen LogP) is 2.86. The molecule has 0 amide bonds. The van der Waals surface area contributed by atoms with Crippen LogP contribution in [0.25, 0.3) is 0 Å². The second-order valence-electron chi connectivity index (χ2n) is 4.26. The molecule has 0 radical (unpaired) electrons. The Balaban J connectivity index is 1.97. The summed E-state index contributed by atoms with van der Waals surface area (Å²) in [5.41, 5.74) is 0.700. The summed E-state index contributed by atoms with van der Waals surface area (Å²) in [4.78, 5) is 14.5. The van der Waals surface area contributed by atoms with Crippen molar-refractivity contribution in [2.24, 2.45) is 0 Å². The zero-order chi connectivity index (χ0) is 14.5. The minimum atomic E-state index is -0.858. The second kappa shape index (κ2) is 6.47. The third-order valence-corrected chi connectivity index (χ3v) is 3.01. The van der Waals surface area contributed by atoms with E-state index in [1.54, 1.807) is 6.07 Å². The van der Waals surface area contributed by atoms with Gasteiger partial charge in [0.1, 0.15) is 5.82 Å². The Hall–Kier alpha value is -1.95. The Morgan fingerprint density at radius 2 is 2.25 bits per heavy atom. The van der Waals surface area contributed by atoms with Gasteiger partial charge in [0.05, 0.1) is 0 Å². The molecule has 2 rings (SSSR count). The van der Waals surface area contributed by atoms with E-state index in [2.05, 4.69) is 10.1 Å². The van der Waals surface area contributed by atoms with Crippen molar-refractivity contribution in [3.05, 3.63) is 46.3 Å². The van der Waals surface area contributed by atoms with Crippen molar-refractivity contribution in [2.45, 2.75) is 25.7 Å². The highest BCUT2D eigenvalue weighted by molar-refractivity contribution is 6.31. The molecule has 1 heterocycles. The fourth-order valence-electron chi connectivity index (χ4n) is 1.69. The molecule has 0 aliphatic heterocycles. The molecule has 0 bridgehead atoms. The molecule has 106 valence electrons. The molecule has 0 saturated heterocycles. The smallest absolute Gasteiger partial charge is 0.303 e. The molecule has 0 spiro atoms. The average molecular weight is 299 g/mol. The van der Waals surface area contributed by atoms with Crippen LogP contribution in [0.2, 0.25) is 5.02 Å². The summed E-state index contributed by atoms with van der Waals surface area (Å²) in [6, 6.07) is 4.11. The summed E-state index contributed by atoms with van der Waals surface area (Å²) in [5.74, 6) is -0.438. The van der Waals surface area contributed by atoms with Crippen molar-refractivity contribution in [1.82, 2.24) is 10.1 Å². The predicted molar refractivity (Wildman–Crippen MR) is 69.1 cm³/mol. The maximum absolute atomic E-state index is 12.9. The maximum atomic E-state index is 12.9. The van der Waals surface area contributed by atoms with Crippen molar-refractivity contribution in [3.63, 3.8) is 0 Å². The first kappa shape index (κ1) is 14.5. The lowest BCUT2D eigenvalue weighted by Crippen LogP contribution is -1.96. The summed E-state index contributed by atoms with van der Waals surface area (Å²) in [6.45, 7) is 0. The van der Waals surface area contributed by atoms with Gasteiger partial charge in [-0.1, -0.05) is 22.8 Å². The highest BCUT2D eigenvalue weighted by Crippen LogP contribution is 2.19. The highest BCUT2D eigenvalue weighted by atomic mass is 35.5. The number of carboxylic acids is 1. The molecule has 20 heavy (non-hydrogen) atoms. The topological polar surface area (TPSA) is 76.2 Å². The van der Waals surface area contributed by atoms with Crippen molar-refractivity contribution in [1.29, 1.82) is 0 Å². The summed E-state index contributed by atoms with van der Waals surface area (Å²) < 4.78 is 17.9. The van der Waals surface area contributed by atoms with Gasteiger partial charge in [-0.05, 0) is 24.1 Å². The normalized spacial score (nSPS) is 10.7. The molecule has 0 atom stereocenters. The highest BCUT2D eigenvalue weighted by Gasteiger charge is 2.10. The Kier molecular flexibility index (Phi) is 4.68. The van der Waals surface area contributed by atoms with Gasteiger partial charge < -0.3 is 9.63 Å². The van der Waals surface area contributed by atoms with Crippen molar-refractivity contribution >= 4 is 17.6 Å². The van der Waals surface area contributed by atoms with Gasteiger partial charge in [0.25, 0.3) is 0 Å². The van der Waals surface area contributed by atoms with E-state index in [-0.39, 0.29) is 6.42 Å². The number of benzene rings is 1. The molecule has 0 fully saturated rings. The van der Waals surface area contributed by atoms with Gasteiger partial charge in [-0.3, -0.25) is 4.79 Å². The van der Waals surface area contributed by atoms with Crippen LogP contribution in [0.5, 0.6) is 0 Å². The van der Waals surface area contributed by atoms with Crippen LogP contribution in [0.1, 0.15) is 30.1 Å². The molecule has 2 aromatic rings. The monoisotopic (exact) mass is 298 g/mol. The minimum absolute atomic E-state index is 0.0570. The van der Waals surface area contributed by atoms with Gasteiger partial charge in [-0.2, -0.15) is 4.98 Å². The number of hydrogen-bond acceptors (Lipinski definition) is 4. The molecule has 5 nitrogen and oxygen atoms in total. The number of hydrogen-bond donors (Lipinski definition) is 1. The number of carboxylic acid groups (broad SMARTS) is 1. The third kappa shape index (κ3) is 4.03. The second-order valence-corrected chi connectivity index (χ2v) is 4.67. The zero-order valence-corrected chi connectivity index (χ0v) is 11.2. The SMILES string of the molecule is O=C(O)CCCc1nc(Cc2ccc(F)cc2Cl)no1. The number of halogens is 2. The number of rotatable bonds is 6. The van der Waals surface area contributed by atoms with Gasteiger partial charge in [0.2, 0.25) is 5.89 Å². The Labute approximate surface area is 119 Å². The number of nitrogens with zero attached hydrogens (tertiary/aromatic N) is 2. The average Bonchev–Trinajstić information content (AvgIpc) is 2.80. The van der Waals surface area contributed by atoms with Gasteiger partial charge >= 0.3 is 5.97 Å². The van der Waals surface area contributed by atoms with Gasteiger partial charge in [0.15, 0.2) is 5.82 Å². The lowest BCUT2D eigenvalue weighted by molar-refractivity contribution is -0.137. The van der Waals surface area contributed by atoms with Crippen LogP contribution in [0.3, 0.4) is 0 Å². The van der Waals surface area contributed by atoms with Crippen molar-refractivity contribution < 1.29 is 18.8 Å². The fourth-order valence-corrected chi connectivity index (χ4v) is 1.92. The summed E-state index contributed by atoms with van der Waals surface area (Å²) in [6.07, 6.45) is 1.24. The number of carbonyl (C=O) groups is 1. The largest absolute Gasteiger partial charge is 0.481 e. The van der Waals surface area contributed by atoms with E-state index in [1.807, 2.05) is 0 Å². The van der Waals surface area contributed by atoms with E-state index < -0.39 is 11.8 Å². The molecule has 0 unspecified atom stereocenters. The fraction of sp³-hybridized carbons (Fsp3) is 0.308. The lowest BCUT2D eigenvalue weighted by atomic mass is 10.1. The van der Waals surface area contributed by atoms with E-state index in [4.69, 9.17) is 21.2 Å². The van der Waals surface area contributed by atoms with Crippen LogP contribution in [0, 0.1) is 5.82 Å². The molecule has 1 N–H and O–H groups in total. The van der Waals surface area contributed by atoms with Crippen LogP contribution in [0.4, 0.5) is 4.39 Å². The Bertz CT molecular complexity index is 615. The first-order valence-electron chi connectivity index (χ1n) is 6.02. The molecular formula is C13H12ClFN2O3. The van der Waals surface area contributed by atoms with E-state index in [1.165, 1.54) is 12.1 Å². The van der Waals surface area contributed by atoms with E-state index >= 15 is 0 Å². The van der Waals surface area contributed by atoms with Gasteiger partial charge in [-0.25, -0.2) is 4.39 Å². The summed E-state index contributed by atoms with van der Waals surface area (Å²) in [5, 5.41) is 12.6. The lowest BCUT2D eigenvalue weighted by Gasteiger charge is -2.00. The van der Waals surface area contributed by atoms with Crippen LogP contribution >= 0.6 is 11.6 Å². The third-order valence-electron chi connectivity index (χ3n) is 2.66. The summed E-state index contributed by atoms with van der Waals surface area (Å²) >= 11 is 5.91. The van der Waals surface area contributed by atoms with E-state index in [0.29, 0.717) is 41.6 Å². The molecule has 0 saturated carbocycles. The van der Waals surface area contributed by atoms with Crippen molar-refractivity contribution in [2.75, 3.05) is 0 Å². The quantitative estimate of drug-likeness (QED) is 0.887. The molecule has 1 aromatic carbocycles. The van der Waals surface area contributed by atoms with Crippen LogP contribution in [-0.2, 0) is 17.6 Å². The molecule has 0 aliphatic rings. The van der Waals surface area contributed by atoms with Crippen molar-refractivity contribution in [3.8, 4) is 0 Å². The number of aromatic nitrogens is 2. The minimum Gasteiger partial charge on any atom is -0.481 e. The van der Waals surface area contributed by atoms with Gasteiger partial charge in [0, 0.05) is 24.3 Å². The molecule has 0 aliphatic carbocycles. The Morgan fingerprint density at radius 1 is 1.45 bits per heavy atom. The van der Waals surface area contributed by atoms with Crippen LogP contribution in [-0.4, -0.2) is 21.2 Å². The first-order chi connectivity index (χ1) is 9.54. The Morgan fingerprint density at radius 3 is 2.95 bits per heavy atom. The van der Waals surface area contributed by atoms with Gasteiger partial charge in [-0.15, -0.1) is 0 Å². The number of aryl methyl sites for hydroxylation is 1. The zero-order valence-electron chi connectivity index (χ0n) is 10.5. The first-order valence-corrected chi connectivity index (χ1v) is 6.39. The maximum Gasteiger partial charge on any atom is 0.303 e. The van der Waals surface area contributed by atoms with E-state index in [0.717, 1.165) is 0 Å². The van der Waals surface area contributed by atoms with Crippen LogP contribution in [0.15, 0.2) is 22.7 Å².